The number of rotatable bonds is 4. The van der Waals surface area contributed by atoms with Crippen LogP contribution in [-0.2, 0) is 7.05 Å². The van der Waals surface area contributed by atoms with Crippen molar-refractivity contribution in [1.29, 1.82) is 0 Å². The molecule has 1 atom stereocenters. The monoisotopic (exact) mass is 262 g/mol. The Morgan fingerprint density at radius 2 is 2.32 bits per heavy atom. The van der Waals surface area contributed by atoms with Crippen molar-refractivity contribution in [3.63, 3.8) is 0 Å². The Kier molecular flexibility index (Phi) is 3.80. The summed E-state index contributed by atoms with van der Waals surface area (Å²) in [7, 11) is 1.82. The summed E-state index contributed by atoms with van der Waals surface area (Å²) in [5, 5.41) is 16.8. The van der Waals surface area contributed by atoms with Crippen LogP contribution in [0, 0.1) is 12.8 Å². The van der Waals surface area contributed by atoms with Crippen molar-refractivity contribution in [2.45, 2.75) is 13.8 Å². The number of pyridine rings is 1. The molecule has 0 saturated heterocycles. The number of carbonyl (C=O) groups is 1. The number of aliphatic hydroxyl groups is 1. The van der Waals surface area contributed by atoms with Gasteiger partial charge in [-0.2, -0.15) is 5.10 Å². The average Bonchev–Trinajstić information content (AvgIpc) is 2.70. The number of carbonyl (C=O) groups excluding carboxylic acids is 1. The minimum atomic E-state index is -0.182. The highest BCUT2D eigenvalue weighted by Gasteiger charge is 2.12. The first kappa shape index (κ1) is 13.5. The van der Waals surface area contributed by atoms with Crippen LogP contribution in [0.5, 0.6) is 0 Å². The van der Waals surface area contributed by atoms with Gasteiger partial charge in [0.2, 0.25) is 0 Å². The van der Waals surface area contributed by atoms with Crippen LogP contribution in [0.4, 0.5) is 0 Å². The third-order valence-corrected chi connectivity index (χ3v) is 3.05. The fraction of sp³-hybridized carbons (Fsp3) is 0.462. The van der Waals surface area contributed by atoms with Gasteiger partial charge in [0.25, 0.3) is 5.91 Å². The highest BCUT2D eigenvalue weighted by Crippen LogP contribution is 2.16. The summed E-state index contributed by atoms with van der Waals surface area (Å²) >= 11 is 0. The highest BCUT2D eigenvalue weighted by atomic mass is 16.3. The van der Waals surface area contributed by atoms with Gasteiger partial charge in [0.05, 0.1) is 11.3 Å². The second-order valence-electron chi connectivity index (χ2n) is 4.80. The number of nitrogens with one attached hydrogen (secondary N) is 1. The molecule has 0 aliphatic rings. The maximum Gasteiger partial charge on any atom is 0.252 e. The Labute approximate surface area is 111 Å². The lowest BCUT2D eigenvalue weighted by molar-refractivity contribution is 0.0942. The molecule has 0 saturated carbocycles. The van der Waals surface area contributed by atoms with Gasteiger partial charge < -0.3 is 10.4 Å². The van der Waals surface area contributed by atoms with Crippen LogP contribution in [0.25, 0.3) is 11.0 Å². The minimum Gasteiger partial charge on any atom is -0.396 e. The predicted molar refractivity (Wildman–Crippen MR) is 71.8 cm³/mol. The number of amides is 1. The fourth-order valence-corrected chi connectivity index (χ4v) is 1.87. The van der Waals surface area contributed by atoms with Gasteiger partial charge in [0.1, 0.15) is 0 Å². The zero-order valence-electron chi connectivity index (χ0n) is 11.3. The summed E-state index contributed by atoms with van der Waals surface area (Å²) in [6.07, 6.45) is 1.54. The molecule has 0 aliphatic carbocycles. The smallest absolute Gasteiger partial charge is 0.252 e. The summed E-state index contributed by atoms with van der Waals surface area (Å²) in [6, 6.07) is 1.80. The lowest BCUT2D eigenvalue weighted by atomic mass is 10.1. The number of hydrogen-bond acceptors (Lipinski definition) is 4. The van der Waals surface area contributed by atoms with Gasteiger partial charge in [-0.3, -0.25) is 9.48 Å². The van der Waals surface area contributed by atoms with Crippen LogP contribution in [0.15, 0.2) is 12.3 Å². The first-order valence-electron chi connectivity index (χ1n) is 6.21. The van der Waals surface area contributed by atoms with E-state index in [2.05, 4.69) is 15.4 Å². The van der Waals surface area contributed by atoms with E-state index in [1.54, 1.807) is 16.9 Å². The standard InChI is InChI=1S/C13H18N4O2/c1-8(7-18)5-15-13(19)10-4-11-9(2)16-17(3)12(11)14-6-10/h4,6,8,18H,5,7H2,1-3H3,(H,15,19). The van der Waals surface area contributed by atoms with Crippen LogP contribution < -0.4 is 5.32 Å². The molecular weight excluding hydrogens is 244 g/mol. The Hall–Kier alpha value is -1.95. The number of aromatic nitrogens is 3. The van der Waals surface area contributed by atoms with E-state index in [9.17, 15) is 4.79 Å². The molecule has 0 aliphatic heterocycles. The van der Waals surface area contributed by atoms with E-state index in [0.717, 1.165) is 16.7 Å². The van der Waals surface area contributed by atoms with Crippen LogP contribution in [0.2, 0.25) is 0 Å². The van der Waals surface area contributed by atoms with Crippen LogP contribution in [-0.4, -0.2) is 38.9 Å². The minimum absolute atomic E-state index is 0.0424. The van der Waals surface area contributed by atoms with Gasteiger partial charge in [0.15, 0.2) is 5.65 Å². The Morgan fingerprint density at radius 1 is 1.58 bits per heavy atom. The van der Waals surface area contributed by atoms with Crippen molar-refractivity contribution in [2.24, 2.45) is 13.0 Å². The first-order valence-corrected chi connectivity index (χ1v) is 6.21. The van der Waals surface area contributed by atoms with E-state index in [1.165, 1.54) is 0 Å². The molecule has 0 radical (unpaired) electrons. The van der Waals surface area contributed by atoms with Gasteiger partial charge in [-0.25, -0.2) is 4.98 Å². The SMILES string of the molecule is Cc1nn(C)c2ncc(C(=O)NCC(C)CO)cc12. The second kappa shape index (κ2) is 5.36. The molecule has 2 N–H and O–H groups in total. The van der Waals surface area contributed by atoms with Gasteiger partial charge in [-0.15, -0.1) is 0 Å². The van der Waals surface area contributed by atoms with Crippen LogP contribution in [0.1, 0.15) is 23.0 Å². The van der Waals surface area contributed by atoms with Crippen LogP contribution in [0.3, 0.4) is 0 Å². The van der Waals surface area contributed by atoms with E-state index in [4.69, 9.17) is 5.11 Å². The molecule has 19 heavy (non-hydrogen) atoms. The van der Waals surface area contributed by atoms with Gasteiger partial charge >= 0.3 is 0 Å². The lowest BCUT2D eigenvalue weighted by Gasteiger charge is -2.09. The first-order chi connectivity index (χ1) is 9.02. The fourth-order valence-electron chi connectivity index (χ4n) is 1.87. The maximum atomic E-state index is 12.0. The van der Waals surface area contributed by atoms with Gasteiger partial charge in [-0.1, -0.05) is 6.92 Å². The van der Waals surface area contributed by atoms with Crippen molar-refractivity contribution < 1.29 is 9.90 Å². The van der Waals surface area contributed by atoms with E-state index < -0.39 is 0 Å². The molecule has 0 fully saturated rings. The highest BCUT2D eigenvalue weighted by molar-refractivity contribution is 5.97. The molecule has 1 amide bonds. The Balaban J connectivity index is 2.21. The molecule has 2 heterocycles. The molecule has 0 spiro atoms. The van der Waals surface area contributed by atoms with E-state index in [-0.39, 0.29) is 18.4 Å². The summed E-state index contributed by atoms with van der Waals surface area (Å²) in [5.41, 5.74) is 2.12. The van der Waals surface area contributed by atoms with Gasteiger partial charge in [-0.05, 0) is 18.9 Å². The molecule has 0 bridgehead atoms. The topological polar surface area (TPSA) is 80.0 Å². The molecule has 6 nitrogen and oxygen atoms in total. The summed E-state index contributed by atoms with van der Waals surface area (Å²) in [5.74, 6) is -0.140. The van der Waals surface area contributed by atoms with E-state index in [0.29, 0.717) is 12.1 Å². The number of hydrogen-bond donors (Lipinski definition) is 2. The quantitative estimate of drug-likeness (QED) is 0.847. The molecule has 2 aromatic rings. The van der Waals surface area contributed by atoms with Crippen molar-refractivity contribution in [1.82, 2.24) is 20.1 Å². The third kappa shape index (κ3) is 2.73. The van der Waals surface area contributed by atoms with E-state index >= 15 is 0 Å². The number of aryl methyl sites for hydroxylation is 2. The average molecular weight is 262 g/mol. The van der Waals surface area contributed by atoms with Crippen molar-refractivity contribution in [3.05, 3.63) is 23.5 Å². The summed E-state index contributed by atoms with van der Waals surface area (Å²) in [4.78, 5) is 16.2. The third-order valence-electron chi connectivity index (χ3n) is 3.05. The second-order valence-corrected chi connectivity index (χ2v) is 4.80. The lowest BCUT2D eigenvalue weighted by Crippen LogP contribution is -2.29. The normalized spacial score (nSPS) is 12.6. The van der Waals surface area contributed by atoms with Crippen molar-refractivity contribution in [2.75, 3.05) is 13.2 Å². The van der Waals surface area contributed by atoms with Crippen molar-refractivity contribution >= 4 is 16.9 Å². The molecular formula is C13H18N4O2. The number of aliphatic hydroxyl groups excluding tert-OH is 1. The zero-order chi connectivity index (χ0) is 14.0. The van der Waals surface area contributed by atoms with Crippen LogP contribution >= 0.6 is 0 Å². The molecule has 2 rings (SSSR count). The summed E-state index contributed by atoms with van der Waals surface area (Å²) < 4.78 is 1.69. The molecule has 1 unspecified atom stereocenters. The predicted octanol–water partition coefficient (Wildman–Crippen LogP) is 0.635. The van der Waals surface area contributed by atoms with Gasteiger partial charge in [0, 0.05) is 31.8 Å². The Morgan fingerprint density at radius 3 is 3.00 bits per heavy atom. The molecule has 2 aromatic heterocycles. The summed E-state index contributed by atoms with van der Waals surface area (Å²) in [6.45, 7) is 4.26. The van der Waals surface area contributed by atoms with Crippen molar-refractivity contribution in [3.8, 4) is 0 Å². The maximum absolute atomic E-state index is 12.0. The molecule has 102 valence electrons. The number of nitrogens with zero attached hydrogens (tertiary/aromatic N) is 3. The Bertz CT molecular complexity index is 606. The number of fused-ring (bicyclic) bond motifs is 1. The molecule has 6 heteroatoms. The van der Waals surface area contributed by atoms with E-state index in [1.807, 2.05) is 20.9 Å². The largest absolute Gasteiger partial charge is 0.396 e. The molecule has 0 aromatic carbocycles. The zero-order valence-corrected chi connectivity index (χ0v) is 11.3.